The lowest BCUT2D eigenvalue weighted by atomic mass is 9.94. The Bertz CT molecular complexity index is 1140. The van der Waals surface area contributed by atoms with Crippen LogP contribution in [0, 0.1) is 5.92 Å². The fourth-order valence-electron chi connectivity index (χ4n) is 3.84. The summed E-state index contributed by atoms with van der Waals surface area (Å²) in [5.41, 5.74) is 4.67. The lowest BCUT2D eigenvalue weighted by molar-refractivity contribution is 0.243. The van der Waals surface area contributed by atoms with E-state index >= 15 is 0 Å². The van der Waals surface area contributed by atoms with E-state index in [0.29, 0.717) is 22.5 Å². The number of anilines is 2. The van der Waals surface area contributed by atoms with E-state index in [0.717, 1.165) is 41.9 Å². The van der Waals surface area contributed by atoms with Gasteiger partial charge in [-0.1, -0.05) is 13.0 Å². The average Bonchev–Trinajstić information content (AvgIpc) is 2.86. The van der Waals surface area contributed by atoms with Gasteiger partial charge in [0.2, 0.25) is 0 Å². The monoisotopic (exact) mass is 473 g/mol. The van der Waals surface area contributed by atoms with Gasteiger partial charge in [-0.3, -0.25) is 4.99 Å². The lowest BCUT2D eigenvalue weighted by Crippen LogP contribution is -2.21. The van der Waals surface area contributed by atoms with E-state index in [9.17, 15) is 8.42 Å². The summed E-state index contributed by atoms with van der Waals surface area (Å²) in [6.07, 6.45) is 4.13. The summed E-state index contributed by atoms with van der Waals surface area (Å²) in [4.78, 5) is 5.05. The highest BCUT2D eigenvalue weighted by Crippen LogP contribution is 2.34. The van der Waals surface area contributed by atoms with Crippen molar-refractivity contribution >= 4 is 49.9 Å². The first-order valence-electron chi connectivity index (χ1n) is 10.8. The first kappa shape index (κ1) is 24.2. The summed E-state index contributed by atoms with van der Waals surface area (Å²) >= 11 is 5.57. The van der Waals surface area contributed by atoms with Gasteiger partial charge < -0.3 is 15.4 Å². The molecule has 0 aromatic heterocycles. The van der Waals surface area contributed by atoms with Gasteiger partial charge in [0.15, 0.2) is 14.9 Å². The number of sulfone groups is 1. The van der Waals surface area contributed by atoms with Crippen LogP contribution in [0.15, 0.2) is 46.3 Å². The van der Waals surface area contributed by atoms with Gasteiger partial charge in [0.05, 0.1) is 22.4 Å². The van der Waals surface area contributed by atoms with Crippen molar-refractivity contribution in [3.63, 3.8) is 0 Å². The Morgan fingerprint density at radius 2 is 1.94 bits per heavy atom. The molecular weight excluding hydrogens is 442 g/mol. The third-order valence-electron chi connectivity index (χ3n) is 5.51. The maximum Gasteiger partial charge on any atom is 0.175 e. The zero-order chi connectivity index (χ0) is 23.5. The topological polar surface area (TPSA) is 79.8 Å². The molecule has 1 aliphatic rings. The number of fused-ring (bicyclic) bond motifs is 1. The molecule has 1 heterocycles. The molecule has 1 atom stereocenters. The number of hydrogen-bond acceptors (Lipinski definition) is 5. The van der Waals surface area contributed by atoms with Gasteiger partial charge in [0.25, 0.3) is 0 Å². The number of rotatable bonds is 6. The highest BCUT2D eigenvalue weighted by Gasteiger charge is 2.19. The van der Waals surface area contributed by atoms with Crippen LogP contribution < -0.4 is 15.4 Å². The van der Waals surface area contributed by atoms with Crippen LogP contribution in [0.2, 0.25) is 0 Å². The first-order chi connectivity index (χ1) is 15.1. The van der Waals surface area contributed by atoms with Gasteiger partial charge in [-0.25, -0.2) is 8.42 Å². The van der Waals surface area contributed by atoms with Crippen molar-refractivity contribution in [1.29, 1.82) is 0 Å². The average molecular weight is 474 g/mol. The molecule has 3 rings (SSSR count). The maximum absolute atomic E-state index is 12.0. The molecule has 0 fully saturated rings. The van der Waals surface area contributed by atoms with Crippen LogP contribution in [0.25, 0.3) is 0 Å². The minimum absolute atomic E-state index is 0.0707. The summed E-state index contributed by atoms with van der Waals surface area (Å²) in [6, 6.07) is 10.7. The molecule has 0 saturated carbocycles. The van der Waals surface area contributed by atoms with Gasteiger partial charge in [0.1, 0.15) is 5.75 Å². The Kier molecular flexibility index (Phi) is 7.56. The van der Waals surface area contributed by atoms with Crippen LogP contribution in [0.4, 0.5) is 17.1 Å². The second-order valence-electron chi connectivity index (χ2n) is 8.38. The Morgan fingerprint density at radius 1 is 1.22 bits per heavy atom. The molecule has 172 valence electrons. The molecule has 2 aromatic carbocycles. The van der Waals surface area contributed by atoms with Crippen LogP contribution in [0.3, 0.4) is 0 Å². The number of thiocarbonyl (C=S) groups is 1. The third kappa shape index (κ3) is 5.86. The number of aliphatic imine (C=N–C) groups is 1. The van der Waals surface area contributed by atoms with Crippen molar-refractivity contribution < 1.29 is 13.2 Å². The standard InChI is InChI=1S/C24H31N3O3S2/c1-6-17-10-12-19-20(25-16(17)4)8-7-9-21(19)26-24(31)27-22-14-18(32(5,28)29)11-13-23(22)30-15(2)3/h7-9,11,13-15,17H,6,10,12H2,1-5H3,(H2,26,27,31). The Morgan fingerprint density at radius 3 is 2.59 bits per heavy atom. The molecule has 1 unspecified atom stereocenters. The molecule has 0 aliphatic carbocycles. The van der Waals surface area contributed by atoms with Crippen LogP contribution in [0.5, 0.6) is 5.75 Å². The van der Waals surface area contributed by atoms with Gasteiger partial charge in [-0.2, -0.15) is 0 Å². The molecular formula is C24H31N3O3S2. The first-order valence-corrected chi connectivity index (χ1v) is 13.1. The second kappa shape index (κ2) is 10.0. The van der Waals surface area contributed by atoms with Gasteiger partial charge in [0, 0.05) is 23.2 Å². The number of hydrogen-bond donors (Lipinski definition) is 2. The molecule has 1 aliphatic heterocycles. The molecule has 32 heavy (non-hydrogen) atoms. The second-order valence-corrected chi connectivity index (χ2v) is 10.8. The van der Waals surface area contributed by atoms with Crippen molar-refractivity contribution in [3.8, 4) is 5.75 Å². The van der Waals surface area contributed by atoms with Gasteiger partial charge in [-0.05, 0) is 88.5 Å². The Balaban J connectivity index is 1.87. The van der Waals surface area contributed by atoms with E-state index in [1.807, 2.05) is 32.0 Å². The zero-order valence-electron chi connectivity index (χ0n) is 19.2. The van der Waals surface area contributed by atoms with E-state index in [1.165, 1.54) is 12.3 Å². The Labute approximate surface area is 196 Å². The molecule has 0 amide bonds. The fraction of sp³-hybridized carbons (Fsp3) is 0.417. The summed E-state index contributed by atoms with van der Waals surface area (Å²) in [5.74, 6) is 1.02. The van der Waals surface area contributed by atoms with Crippen molar-refractivity contribution in [2.45, 2.75) is 58.0 Å². The van der Waals surface area contributed by atoms with Crippen LogP contribution in [0.1, 0.15) is 46.1 Å². The van der Waals surface area contributed by atoms with Crippen LogP contribution in [-0.4, -0.2) is 31.6 Å². The predicted molar refractivity (Wildman–Crippen MR) is 136 cm³/mol. The normalized spacial score (nSPS) is 16.1. The fourth-order valence-corrected chi connectivity index (χ4v) is 4.70. The van der Waals surface area contributed by atoms with Crippen LogP contribution >= 0.6 is 12.2 Å². The molecule has 0 radical (unpaired) electrons. The smallest absolute Gasteiger partial charge is 0.175 e. The molecule has 0 bridgehead atoms. The summed E-state index contributed by atoms with van der Waals surface area (Å²) in [7, 11) is -3.37. The molecule has 0 spiro atoms. The highest BCUT2D eigenvalue weighted by atomic mass is 32.2. The van der Waals surface area contributed by atoms with E-state index in [4.69, 9.17) is 21.9 Å². The number of nitrogens with zero attached hydrogens (tertiary/aromatic N) is 1. The minimum atomic E-state index is -3.37. The van der Waals surface area contributed by atoms with E-state index in [1.54, 1.807) is 12.1 Å². The lowest BCUT2D eigenvalue weighted by Gasteiger charge is -2.19. The SMILES string of the molecule is CCC1CCc2c(cccc2NC(=S)Nc2cc(S(C)(=O)=O)ccc2OC(C)C)N=C1C. The summed E-state index contributed by atoms with van der Waals surface area (Å²) < 4.78 is 29.9. The van der Waals surface area contributed by atoms with Crippen molar-refractivity contribution in [2.75, 3.05) is 16.9 Å². The molecule has 8 heteroatoms. The van der Waals surface area contributed by atoms with Crippen molar-refractivity contribution in [2.24, 2.45) is 10.9 Å². The van der Waals surface area contributed by atoms with Gasteiger partial charge >= 0.3 is 0 Å². The van der Waals surface area contributed by atoms with Gasteiger partial charge in [-0.15, -0.1) is 0 Å². The molecule has 2 N–H and O–H groups in total. The van der Waals surface area contributed by atoms with E-state index in [-0.39, 0.29) is 11.0 Å². The number of nitrogens with one attached hydrogen (secondary N) is 2. The quantitative estimate of drug-likeness (QED) is 0.520. The molecule has 6 nitrogen and oxygen atoms in total. The predicted octanol–water partition coefficient (Wildman–Crippen LogP) is 5.75. The maximum atomic E-state index is 12.0. The van der Waals surface area contributed by atoms with E-state index in [2.05, 4.69) is 24.5 Å². The zero-order valence-corrected chi connectivity index (χ0v) is 20.9. The molecule has 0 saturated heterocycles. The Hall–Kier alpha value is -2.45. The van der Waals surface area contributed by atoms with Crippen molar-refractivity contribution in [3.05, 3.63) is 42.0 Å². The highest BCUT2D eigenvalue weighted by molar-refractivity contribution is 7.90. The van der Waals surface area contributed by atoms with E-state index < -0.39 is 9.84 Å². The summed E-state index contributed by atoms with van der Waals surface area (Å²) in [6.45, 7) is 8.12. The molecule has 2 aromatic rings. The largest absolute Gasteiger partial charge is 0.489 e. The van der Waals surface area contributed by atoms with Crippen LogP contribution in [-0.2, 0) is 16.3 Å². The third-order valence-corrected chi connectivity index (χ3v) is 6.83. The number of benzene rings is 2. The minimum Gasteiger partial charge on any atom is -0.489 e. The number of ether oxygens (including phenoxy) is 1. The van der Waals surface area contributed by atoms with Crippen molar-refractivity contribution in [1.82, 2.24) is 0 Å². The summed E-state index contributed by atoms with van der Waals surface area (Å²) in [5, 5.41) is 6.76.